The molecular formula is C19H14N4O2S. The topological polar surface area (TPSA) is 86.6 Å². The highest BCUT2D eigenvalue weighted by molar-refractivity contribution is 7.18. The lowest BCUT2D eigenvalue weighted by Crippen LogP contribution is -2.22. The molecule has 0 saturated heterocycles. The van der Waals surface area contributed by atoms with Crippen LogP contribution in [-0.2, 0) is 4.79 Å². The van der Waals surface area contributed by atoms with Crippen LogP contribution in [0.3, 0.4) is 0 Å². The van der Waals surface area contributed by atoms with Crippen LogP contribution in [0.15, 0.2) is 65.1 Å². The maximum atomic E-state index is 10.7. The molecular weight excluding hydrogens is 348 g/mol. The molecule has 7 heteroatoms. The molecule has 0 radical (unpaired) electrons. The molecule has 0 spiro atoms. The zero-order chi connectivity index (χ0) is 17.9. The molecule has 4 rings (SSSR count). The number of carbonyl (C=O) groups excluding carboxylic acids is 1. The molecule has 128 valence electrons. The highest BCUT2D eigenvalue weighted by Crippen LogP contribution is 2.35. The van der Waals surface area contributed by atoms with Crippen molar-refractivity contribution in [2.75, 3.05) is 5.32 Å². The summed E-state index contributed by atoms with van der Waals surface area (Å²) < 4.78 is 1.12. The molecule has 0 fully saturated rings. The summed E-state index contributed by atoms with van der Waals surface area (Å²) in [6.07, 6.45) is 0.470. The van der Waals surface area contributed by atoms with Crippen LogP contribution in [0.2, 0.25) is 0 Å². The van der Waals surface area contributed by atoms with Crippen LogP contribution in [0, 0.1) is 0 Å². The number of fused-ring (bicyclic) bond motifs is 3. The van der Waals surface area contributed by atoms with E-state index in [1.54, 1.807) is 23.5 Å². The fraction of sp³-hybridized carbons (Fsp3) is 0. The number of nitrogens with one attached hydrogen (secondary N) is 2. The molecule has 0 bridgehead atoms. The standard InChI is InChI=1S/C19H14N4O2S/c24-11-20-18(23-25)12-6-7-14-16(10-12)22-19(15-8-9-26-17(14)15)21-13-4-2-1-3-5-13/h1-11,25H,(H,21,22)(H,20,23,24). The van der Waals surface area contributed by atoms with E-state index in [9.17, 15) is 4.79 Å². The van der Waals surface area contributed by atoms with Gasteiger partial charge in [0.2, 0.25) is 6.41 Å². The Morgan fingerprint density at radius 3 is 2.73 bits per heavy atom. The zero-order valence-corrected chi connectivity index (χ0v) is 14.3. The van der Waals surface area contributed by atoms with Crippen LogP contribution in [0.4, 0.5) is 11.5 Å². The predicted molar refractivity (Wildman–Crippen MR) is 104 cm³/mol. The van der Waals surface area contributed by atoms with Gasteiger partial charge in [0.1, 0.15) is 5.82 Å². The third-order valence-electron chi connectivity index (χ3n) is 4.00. The van der Waals surface area contributed by atoms with Gasteiger partial charge in [-0.05, 0) is 29.6 Å². The number of carbonyl (C=O) groups is 1. The Bertz CT molecular complexity index is 1120. The van der Waals surface area contributed by atoms with E-state index in [0.29, 0.717) is 12.0 Å². The number of hydrogen-bond acceptors (Lipinski definition) is 6. The van der Waals surface area contributed by atoms with Crippen molar-refractivity contribution in [1.82, 2.24) is 10.3 Å². The SMILES string of the molecule is O=CN/C(=N\O)c1ccc2c(c1)nc(Nc1ccccc1)c1ccsc12. The largest absolute Gasteiger partial charge is 0.409 e. The first-order valence-corrected chi connectivity index (χ1v) is 8.74. The van der Waals surface area contributed by atoms with Gasteiger partial charge in [-0.25, -0.2) is 4.98 Å². The van der Waals surface area contributed by atoms with Crippen molar-refractivity contribution < 1.29 is 10.0 Å². The molecule has 6 nitrogen and oxygen atoms in total. The van der Waals surface area contributed by atoms with Crippen LogP contribution in [0.25, 0.3) is 21.0 Å². The van der Waals surface area contributed by atoms with Crippen molar-refractivity contribution in [2.45, 2.75) is 0 Å². The summed E-state index contributed by atoms with van der Waals surface area (Å²) in [6, 6.07) is 17.4. The number of rotatable bonds is 4. The summed E-state index contributed by atoms with van der Waals surface area (Å²) in [4.78, 5) is 15.4. The third-order valence-corrected chi connectivity index (χ3v) is 4.95. The summed E-state index contributed by atoms with van der Waals surface area (Å²) >= 11 is 1.64. The Morgan fingerprint density at radius 1 is 1.12 bits per heavy atom. The molecule has 0 aliphatic heterocycles. The Hall–Kier alpha value is -3.45. The van der Waals surface area contributed by atoms with E-state index in [-0.39, 0.29) is 5.84 Å². The van der Waals surface area contributed by atoms with Crippen molar-refractivity contribution in [1.29, 1.82) is 0 Å². The van der Waals surface area contributed by atoms with Crippen molar-refractivity contribution in [3.8, 4) is 0 Å². The number of pyridine rings is 1. The quantitative estimate of drug-likeness (QED) is 0.168. The average molecular weight is 362 g/mol. The van der Waals surface area contributed by atoms with E-state index < -0.39 is 0 Å². The minimum absolute atomic E-state index is 0.0764. The molecule has 2 heterocycles. The van der Waals surface area contributed by atoms with Gasteiger partial charge in [0.25, 0.3) is 0 Å². The van der Waals surface area contributed by atoms with Crippen molar-refractivity contribution in [3.63, 3.8) is 0 Å². The van der Waals surface area contributed by atoms with Gasteiger partial charge < -0.3 is 15.8 Å². The first-order valence-electron chi connectivity index (χ1n) is 7.86. The molecule has 0 aliphatic carbocycles. The summed E-state index contributed by atoms with van der Waals surface area (Å²) in [5.74, 6) is 0.829. The van der Waals surface area contributed by atoms with Crippen LogP contribution in [-0.4, -0.2) is 22.4 Å². The number of thiophene rings is 1. The van der Waals surface area contributed by atoms with Gasteiger partial charge in [-0.15, -0.1) is 11.3 Å². The van der Waals surface area contributed by atoms with E-state index in [1.807, 2.05) is 47.8 Å². The second-order valence-electron chi connectivity index (χ2n) is 5.56. The number of oxime groups is 1. The summed E-state index contributed by atoms with van der Waals surface area (Å²) in [6.45, 7) is 0. The number of amides is 1. The van der Waals surface area contributed by atoms with E-state index in [1.165, 1.54) is 0 Å². The summed E-state index contributed by atoms with van der Waals surface area (Å²) in [5.41, 5.74) is 2.26. The van der Waals surface area contributed by atoms with Crippen molar-refractivity contribution in [2.24, 2.45) is 5.16 Å². The Labute approximate surface area is 152 Å². The van der Waals surface area contributed by atoms with E-state index in [0.717, 1.165) is 32.5 Å². The molecule has 0 aliphatic rings. The van der Waals surface area contributed by atoms with Gasteiger partial charge in [-0.1, -0.05) is 35.5 Å². The lowest BCUT2D eigenvalue weighted by Gasteiger charge is -2.10. The van der Waals surface area contributed by atoms with E-state index >= 15 is 0 Å². The van der Waals surface area contributed by atoms with Crippen molar-refractivity contribution >= 4 is 56.1 Å². The third kappa shape index (κ3) is 2.84. The van der Waals surface area contributed by atoms with Crippen LogP contribution < -0.4 is 10.6 Å². The minimum atomic E-state index is 0.0764. The monoisotopic (exact) mass is 362 g/mol. The second-order valence-corrected chi connectivity index (χ2v) is 6.47. The number of benzene rings is 2. The van der Waals surface area contributed by atoms with Crippen molar-refractivity contribution in [3.05, 3.63) is 65.5 Å². The number of aromatic nitrogens is 1. The molecule has 0 unspecified atom stereocenters. The molecule has 1 amide bonds. The predicted octanol–water partition coefficient (Wildman–Crippen LogP) is 4.07. The van der Waals surface area contributed by atoms with Gasteiger partial charge in [0.15, 0.2) is 5.84 Å². The van der Waals surface area contributed by atoms with Crippen LogP contribution >= 0.6 is 11.3 Å². The fourth-order valence-corrected chi connectivity index (χ4v) is 3.76. The highest BCUT2D eigenvalue weighted by atomic mass is 32.1. The number of nitrogens with zero attached hydrogens (tertiary/aromatic N) is 2. The number of anilines is 2. The Morgan fingerprint density at radius 2 is 1.96 bits per heavy atom. The summed E-state index contributed by atoms with van der Waals surface area (Å²) in [7, 11) is 0. The first kappa shape index (κ1) is 16.0. The van der Waals surface area contributed by atoms with Gasteiger partial charge in [0.05, 0.1) is 5.52 Å². The Kier molecular flexibility index (Phi) is 4.20. The maximum absolute atomic E-state index is 10.7. The first-order chi connectivity index (χ1) is 12.8. The highest BCUT2D eigenvalue weighted by Gasteiger charge is 2.12. The normalized spacial score (nSPS) is 11.6. The van der Waals surface area contributed by atoms with E-state index in [4.69, 9.17) is 10.2 Å². The van der Waals surface area contributed by atoms with Gasteiger partial charge in [-0.3, -0.25) is 4.79 Å². The smallest absolute Gasteiger partial charge is 0.212 e. The molecule has 3 N–H and O–H groups in total. The van der Waals surface area contributed by atoms with Gasteiger partial charge >= 0.3 is 0 Å². The Balaban J connectivity index is 1.88. The second kappa shape index (κ2) is 6.81. The van der Waals surface area contributed by atoms with Crippen LogP contribution in [0.5, 0.6) is 0 Å². The zero-order valence-electron chi connectivity index (χ0n) is 13.5. The molecule has 2 aromatic carbocycles. The fourth-order valence-electron chi connectivity index (χ4n) is 2.83. The minimum Gasteiger partial charge on any atom is -0.409 e. The number of para-hydroxylation sites is 1. The molecule has 0 saturated carbocycles. The maximum Gasteiger partial charge on any atom is 0.212 e. The lowest BCUT2D eigenvalue weighted by molar-refractivity contribution is -0.108. The average Bonchev–Trinajstić information content (AvgIpc) is 3.17. The van der Waals surface area contributed by atoms with Crippen LogP contribution in [0.1, 0.15) is 5.56 Å². The number of hydrogen-bond donors (Lipinski definition) is 3. The molecule has 0 atom stereocenters. The van der Waals surface area contributed by atoms with E-state index in [2.05, 4.69) is 15.8 Å². The van der Waals surface area contributed by atoms with Gasteiger partial charge in [-0.2, -0.15) is 0 Å². The molecule has 4 aromatic rings. The lowest BCUT2D eigenvalue weighted by atomic mass is 10.1. The molecule has 2 aromatic heterocycles. The van der Waals surface area contributed by atoms with Gasteiger partial charge in [0, 0.05) is 26.7 Å². The molecule has 26 heavy (non-hydrogen) atoms. The summed E-state index contributed by atoms with van der Waals surface area (Å²) in [5, 5.41) is 22.0. The number of amidine groups is 1.